The van der Waals surface area contributed by atoms with Crippen molar-refractivity contribution < 1.29 is 33.0 Å². The van der Waals surface area contributed by atoms with Crippen LogP contribution in [0.2, 0.25) is 0 Å². The molecule has 6 nitrogen and oxygen atoms in total. The van der Waals surface area contributed by atoms with Crippen LogP contribution in [0.5, 0.6) is 0 Å². The standard InChI is InChI=1S/C14H17F3N2O4S2/c1-8-6-25-12(18-8)13(23,14(15,16)17)5-10(20)19-2-3-24-7-9(19)4-11(21)22/h6,9,23H,2-5,7H2,1H3,(H,21,22). The number of rotatable bonds is 5. The maximum Gasteiger partial charge on any atom is 0.424 e. The van der Waals surface area contributed by atoms with Crippen molar-refractivity contribution in [2.45, 2.75) is 37.6 Å². The first-order chi connectivity index (χ1) is 11.5. The predicted octanol–water partition coefficient (Wildman–Crippen LogP) is 2.01. The third-order valence-corrected chi connectivity index (χ3v) is 6.01. The van der Waals surface area contributed by atoms with Gasteiger partial charge in [-0.15, -0.1) is 11.3 Å². The number of hydrogen-bond acceptors (Lipinski definition) is 6. The quantitative estimate of drug-likeness (QED) is 0.789. The topological polar surface area (TPSA) is 90.7 Å². The molecule has 140 valence electrons. The maximum absolute atomic E-state index is 13.5. The molecular formula is C14H17F3N2O4S2. The highest BCUT2D eigenvalue weighted by Gasteiger charge is 2.58. The molecule has 1 saturated heterocycles. The number of carboxylic acid groups (broad SMARTS) is 1. The van der Waals surface area contributed by atoms with Gasteiger partial charge in [-0.2, -0.15) is 24.9 Å². The van der Waals surface area contributed by atoms with E-state index in [1.54, 1.807) is 0 Å². The summed E-state index contributed by atoms with van der Waals surface area (Å²) in [6, 6.07) is -0.695. The Hall–Kier alpha value is -1.33. The molecule has 0 radical (unpaired) electrons. The van der Waals surface area contributed by atoms with Crippen LogP contribution in [-0.4, -0.2) is 62.2 Å². The van der Waals surface area contributed by atoms with Gasteiger partial charge < -0.3 is 15.1 Å². The number of halogens is 3. The van der Waals surface area contributed by atoms with Gasteiger partial charge in [0, 0.05) is 29.1 Å². The van der Waals surface area contributed by atoms with Crippen molar-refractivity contribution in [3.8, 4) is 0 Å². The summed E-state index contributed by atoms with van der Waals surface area (Å²) in [6.07, 6.45) is -6.65. The molecule has 2 N–H and O–H groups in total. The molecule has 1 aliphatic heterocycles. The van der Waals surface area contributed by atoms with E-state index in [-0.39, 0.29) is 13.0 Å². The van der Waals surface area contributed by atoms with Crippen LogP contribution < -0.4 is 0 Å². The first-order valence-electron chi connectivity index (χ1n) is 7.35. The van der Waals surface area contributed by atoms with Crippen molar-refractivity contribution in [3.05, 3.63) is 16.1 Å². The lowest BCUT2D eigenvalue weighted by atomic mass is 9.98. The molecule has 2 atom stereocenters. The number of hydrogen-bond donors (Lipinski definition) is 2. The second-order valence-electron chi connectivity index (χ2n) is 5.74. The van der Waals surface area contributed by atoms with Crippen LogP contribution >= 0.6 is 23.1 Å². The highest BCUT2D eigenvalue weighted by molar-refractivity contribution is 7.99. The number of aliphatic carboxylic acids is 1. The van der Waals surface area contributed by atoms with Crippen LogP contribution in [0.1, 0.15) is 23.5 Å². The summed E-state index contributed by atoms with van der Waals surface area (Å²) in [4.78, 5) is 28.2. The van der Waals surface area contributed by atoms with Gasteiger partial charge in [0.05, 0.1) is 18.9 Å². The van der Waals surface area contributed by atoms with Gasteiger partial charge in [-0.3, -0.25) is 9.59 Å². The number of aromatic nitrogens is 1. The molecular weight excluding hydrogens is 381 g/mol. The third kappa shape index (κ3) is 4.45. The van der Waals surface area contributed by atoms with E-state index in [0.29, 0.717) is 28.5 Å². The van der Waals surface area contributed by atoms with Crippen molar-refractivity contribution in [3.63, 3.8) is 0 Å². The van der Waals surface area contributed by atoms with Gasteiger partial charge in [0.25, 0.3) is 0 Å². The van der Waals surface area contributed by atoms with Crippen LogP contribution in [0, 0.1) is 6.92 Å². The van der Waals surface area contributed by atoms with E-state index in [0.717, 1.165) is 4.90 Å². The predicted molar refractivity (Wildman–Crippen MR) is 86.5 cm³/mol. The van der Waals surface area contributed by atoms with Gasteiger partial charge in [-0.1, -0.05) is 0 Å². The largest absolute Gasteiger partial charge is 0.481 e. The average molecular weight is 398 g/mol. The number of amides is 1. The molecule has 0 spiro atoms. The van der Waals surface area contributed by atoms with E-state index in [9.17, 15) is 27.9 Å². The zero-order valence-corrected chi connectivity index (χ0v) is 14.9. The molecule has 1 fully saturated rings. The second kappa shape index (κ2) is 7.50. The molecule has 1 aromatic heterocycles. The number of carbonyl (C=O) groups excluding carboxylic acids is 1. The highest BCUT2D eigenvalue weighted by Crippen LogP contribution is 2.43. The monoisotopic (exact) mass is 398 g/mol. The van der Waals surface area contributed by atoms with Crippen molar-refractivity contribution in [2.75, 3.05) is 18.1 Å². The summed E-state index contributed by atoms with van der Waals surface area (Å²) in [7, 11) is 0. The van der Waals surface area contributed by atoms with Gasteiger partial charge in [-0.25, -0.2) is 4.98 Å². The summed E-state index contributed by atoms with van der Waals surface area (Å²) >= 11 is 2.07. The van der Waals surface area contributed by atoms with E-state index in [1.807, 2.05) is 0 Å². The molecule has 1 amide bonds. The van der Waals surface area contributed by atoms with E-state index < -0.39 is 41.1 Å². The molecule has 2 heterocycles. The minimum atomic E-state index is -5.08. The molecule has 0 saturated carbocycles. The Bertz CT molecular complexity index is 652. The van der Waals surface area contributed by atoms with E-state index in [4.69, 9.17) is 5.11 Å². The van der Waals surface area contributed by atoms with Crippen LogP contribution in [0.3, 0.4) is 0 Å². The van der Waals surface area contributed by atoms with Crippen LogP contribution in [0.25, 0.3) is 0 Å². The molecule has 25 heavy (non-hydrogen) atoms. The lowest BCUT2D eigenvalue weighted by Gasteiger charge is -2.37. The third-order valence-electron chi connectivity index (χ3n) is 3.81. The normalized spacial score (nSPS) is 21.0. The summed E-state index contributed by atoms with van der Waals surface area (Å²) in [5, 5.41) is 20.0. The SMILES string of the molecule is Cc1csc(C(O)(CC(=O)N2CCSCC2CC(=O)O)C(F)(F)F)n1. The van der Waals surface area contributed by atoms with Crippen LogP contribution in [0.4, 0.5) is 13.2 Å². The van der Waals surface area contributed by atoms with Crippen molar-refractivity contribution >= 4 is 35.0 Å². The fourth-order valence-electron chi connectivity index (χ4n) is 2.52. The molecule has 0 aromatic carbocycles. The molecule has 1 aliphatic rings. The van der Waals surface area contributed by atoms with Crippen LogP contribution in [0.15, 0.2) is 5.38 Å². The summed E-state index contributed by atoms with van der Waals surface area (Å²) in [5.74, 6) is -1.23. The van der Waals surface area contributed by atoms with Gasteiger partial charge in [-0.05, 0) is 6.92 Å². The Labute approximate surface area is 150 Å². The number of thiazole rings is 1. The number of alkyl halides is 3. The Morgan fingerprint density at radius 3 is 2.64 bits per heavy atom. The van der Waals surface area contributed by atoms with Crippen molar-refractivity contribution in [1.29, 1.82) is 0 Å². The Kier molecular flexibility index (Phi) is 6.00. The first kappa shape index (κ1) is 20.0. The van der Waals surface area contributed by atoms with E-state index >= 15 is 0 Å². The molecule has 1 aromatic rings. The number of carbonyl (C=O) groups is 2. The van der Waals surface area contributed by atoms with E-state index in [1.165, 1.54) is 24.1 Å². The minimum absolute atomic E-state index is 0.145. The average Bonchev–Trinajstić information content (AvgIpc) is 2.93. The Morgan fingerprint density at radius 1 is 1.44 bits per heavy atom. The number of thioether (sulfide) groups is 1. The van der Waals surface area contributed by atoms with Gasteiger partial charge in [0.1, 0.15) is 5.01 Å². The summed E-state index contributed by atoms with van der Waals surface area (Å²) in [6.45, 7) is 1.63. The fourth-order valence-corrected chi connectivity index (χ4v) is 4.49. The summed E-state index contributed by atoms with van der Waals surface area (Å²) < 4.78 is 40.4. The van der Waals surface area contributed by atoms with E-state index in [2.05, 4.69) is 4.98 Å². The van der Waals surface area contributed by atoms with Gasteiger partial charge in [0.15, 0.2) is 0 Å². The van der Waals surface area contributed by atoms with Gasteiger partial charge in [0.2, 0.25) is 11.5 Å². The van der Waals surface area contributed by atoms with Crippen molar-refractivity contribution in [1.82, 2.24) is 9.88 Å². The van der Waals surface area contributed by atoms with Gasteiger partial charge >= 0.3 is 12.1 Å². The smallest absolute Gasteiger partial charge is 0.424 e. The van der Waals surface area contributed by atoms with Crippen LogP contribution in [-0.2, 0) is 15.2 Å². The molecule has 2 rings (SSSR count). The van der Waals surface area contributed by atoms with Crippen molar-refractivity contribution in [2.24, 2.45) is 0 Å². The zero-order valence-electron chi connectivity index (χ0n) is 13.2. The number of nitrogens with zero attached hydrogens (tertiary/aromatic N) is 2. The Balaban J connectivity index is 2.26. The lowest BCUT2D eigenvalue weighted by molar-refractivity contribution is -0.268. The maximum atomic E-state index is 13.5. The number of aliphatic hydroxyl groups is 1. The molecule has 0 bridgehead atoms. The number of carboxylic acids is 1. The second-order valence-corrected chi connectivity index (χ2v) is 7.75. The molecule has 2 unspecified atom stereocenters. The lowest BCUT2D eigenvalue weighted by Crippen LogP contribution is -2.52. The Morgan fingerprint density at radius 2 is 2.12 bits per heavy atom. The molecule has 0 aliphatic carbocycles. The minimum Gasteiger partial charge on any atom is -0.481 e. The number of aryl methyl sites for hydroxylation is 1. The molecule has 11 heteroatoms. The zero-order chi connectivity index (χ0) is 18.8. The summed E-state index contributed by atoms with van der Waals surface area (Å²) in [5.41, 5.74) is -3.07. The fraction of sp³-hybridized carbons (Fsp3) is 0.643. The first-order valence-corrected chi connectivity index (χ1v) is 9.39. The highest BCUT2D eigenvalue weighted by atomic mass is 32.2.